The van der Waals surface area contributed by atoms with Gasteiger partial charge in [0.05, 0.1) is 5.69 Å². The molecule has 0 spiro atoms. The summed E-state index contributed by atoms with van der Waals surface area (Å²) < 4.78 is 5.40. The number of fused-ring (bicyclic) bond motifs is 1. The summed E-state index contributed by atoms with van der Waals surface area (Å²) in [5.41, 5.74) is 1.85. The van der Waals surface area contributed by atoms with Crippen LogP contribution in [0.2, 0.25) is 0 Å². The van der Waals surface area contributed by atoms with Crippen molar-refractivity contribution < 1.29 is 14.3 Å². The van der Waals surface area contributed by atoms with E-state index in [0.717, 1.165) is 6.42 Å². The molecule has 5 heteroatoms. The van der Waals surface area contributed by atoms with E-state index in [1.165, 1.54) is 10.5 Å². The van der Waals surface area contributed by atoms with E-state index in [4.69, 9.17) is 4.74 Å². The van der Waals surface area contributed by atoms with Crippen molar-refractivity contribution in [2.75, 3.05) is 24.6 Å². The highest BCUT2D eigenvalue weighted by molar-refractivity contribution is 6.02. The van der Waals surface area contributed by atoms with E-state index in [0.29, 0.717) is 18.0 Å². The van der Waals surface area contributed by atoms with Crippen LogP contribution in [-0.2, 0) is 9.59 Å². The van der Waals surface area contributed by atoms with E-state index in [-0.39, 0.29) is 30.9 Å². The lowest BCUT2D eigenvalue weighted by atomic mass is 9.96. The Balaban J connectivity index is 1.62. The number of carbonyl (C=O) groups is 2. The van der Waals surface area contributed by atoms with Gasteiger partial charge in [-0.1, -0.05) is 49.4 Å². The van der Waals surface area contributed by atoms with Crippen molar-refractivity contribution >= 4 is 17.5 Å². The standard InChI is InChI=1S/C20H22N2O3/c1-2-15(16-8-4-3-5-9-16)12-21-19(23)13-22-17-10-6-7-11-18(17)25-14-20(22)24/h3-11,15H,2,12-14H2,1H3,(H,21,23)/t15-/m1/s1. The third kappa shape index (κ3) is 3.99. The Morgan fingerprint density at radius 1 is 1.16 bits per heavy atom. The summed E-state index contributed by atoms with van der Waals surface area (Å²) in [6.07, 6.45) is 0.934. The van der Waals surface area contributed by atoms with Crippen LogP contribution in [0.5, 0.6) is 5.75 Å². The zero-order chi connectivity index (χ0) is 17.6. The first-order chi connectivity index (χ1) is 12.2. The first-order valence-corrected chi connectivity index (χ1v) is 8.53. The molecule has 2 aromatic carbocycles. The molecule has 0 saturated heterocycles. The van der Waals surface area contributed by atoms with Crippen molar-refractivity contribution in [3.8, 4) is 5.75 Å². The van der Waals surface area contributed by atoms with Crippen LogP contribution in [0.4, 0.5) is 5.69 Å². The molecule has 0 aliphatic carbocycles. The van der Waals surface area contributed by atoms with Crippen LogP contribution in [-0.4, -0.2) is 31.5 Å². The molecule has 25 heavy (non-hydrogen) atoms. The highest BCUT2D eigenvalue weighted by atomic mass is 16.5. The number of rotatable bonds is 6. The van der Waals surface area contributed by atoms with E-state index < -0.39 is 0 Å². The van der Waals surface area contributed by atoms with E-state index in [1.807, 2.05) is 30.3 Å². The van der Waals surface area contributed by atoms with Crippen molar-refractivity contribution in [1.29, 1.82) is 0 Å². The molecule has 1 aliphatic heterocycles. The predicted molar refractivity (Wildman–Crippen MR) is 96.8 cm³/mol. The van der Waals surface area contributed by atoms with E-state index in [2.05, 4.69) is 24.4 Å². The van der Waals surface area contributed by atoms with Gasteiger partial charge in [-0.2, -0.15) is 0 Å². The number of anilines is 1. The van der Waals surface area contributed by atoms with Gasteiger partial charge in [0.25, 0.3) is 5.91 Å². The normalized spacial score (nSPS) is 14.4. The Hall–Kier alpha value is -2.82. The molecular weight excluding hydrogens is 316 g/mol. The summed E-state index contributed by atoms with van der Waals surface area (Å²) >= 11 is 0. The van der Waals surface area contributed by atoms with Crippen molar-refractivity contribution in [2.24, 2.45) is 0 Å². The van der Waals surface area contributed by atoms with Gasteiger partial charge in [0.2, 0.25) is 5.91 Å². The molecular formula is C20H22N2O3. The topological polar surface area (TPSA) is 58.6 Å². The molecule has 3 rings (SSSR count). The third-order valence-corrected chi connectivity index (χ3v) is 4.42. The van der Waals surface area contributed by atoms with E-state index >= 15 is 0 Å². The molecule has 5 nitrogen and oxygen atoms in total. The van der Waals surface area contributed by atoms with Gasteiger partial charge in [-0.15, -0.1) is 0 Å². The van der Waals surface area contributed by atoms with Gasteiger partial charge >= 0.3 is 0 Å². The second-order valence-electron chi connectivity index (χ2n) is 6.06. The smallest absolute Gasteiger partial charge is 0.265 e. The highest BCUT2D eigenvalue weighted by Crippen LogP contribution is 2.31. The van der Waals surface area contributed by atoms with E-state index in [1.54, 1.807) is 12.1 Å². The SMILES string of the molecule is CC[C@H](CNC(=O)CN1C(=O)COc2ccccc21)c1ccccc1. The molecule has 1 N–H and O–H groups in total. The molecule has 0 bridgehead atoms. The molecule has 1 heterocycles. The molecule has 2 amide bonds. The number of hydrogen-bond acceptors (Lipinski definition) is 3. The molecule has 130 valence electrons. The van der Waals surface area contributed by atoms with Crippen LogP contribution >= 0.6 is 0 Å². The van der Waals surface area contributed by atoms with Gasteiger partial charge in [-0.05, 0) is 24.1 Å². The second-order valence-corrected chi connectivity index (χ2v) is 6.06. The number of carbonyl (C=O) groups excluding carboxylic acids is 2. The second kappa shape index (κ2) is 7.83. The van der Waals surface area contributed by atoms with Crippen LogP contribution in [0, 0.1) is 0 Å². The van der Waals surface area contributed by atoms with E-state index in [9.17, 15) is 9.59 Å². The molecule has 1 atom stereocenters. The fraction of sp³-hybridized carbons (Fsp3) is 0.300. The maximum Gasteiger partial charge on any atom is 0.265 e. The molecule has 0 fully saturated rings. The Labute approximate surface area is 147 Å². The van der Waals surface area contributed by atoms with Gasteiger partial charge in [0.1, 0.15) is 12.3 Å². The largest absolute Gasteiger partial charge is 0.482 e. The van der Waals surface area contributed by atoms with Crippen molar-refractivity contribution in [3.05, 3.63) is 60.2 Å². The molecule has 2 aromatic rings. The van der Waals surface area contributed by atoms with Gasteiger partial charge < -0.3 is 10.1 Å². The summed E-state index contributed by atoms with van der Waals surface area (Å²) in [5.74, 6) is 0.520. The zero-order valence-corrected chi connectivity index (χ0v) is 14.3. The lowest BCUT2D eigenvalue weighted by Gasteiger charge is -2.29. The Bertz CT molecular complexity index is 746. The zero-order valence-electron chi connectivity index (χ0n) is 14.3. The number of ether oxygens (including phenoxy) is 1. The summed E-state index contributed by atoms with van der Waals surface area (Å²) in [6.45, 7) is 2.63. The molecule has 0 radical (unpaired) electrons. The number of amides is 2. The lowest BCUT2D eigenvalue weighted by molar-refractivity contribution is -0.125. The summed E-state index contributed by atoms with van der Waals surface area (Å²) in [6, 6.07) is 17.4. The molecule has 0 aromatic heterocycles. The predicted octanol–water partition coefficient (Wildman–Crippen LogP) is 2.72. The van der Waals surface area contributed by atoms with Crippen molar-refractivity contribution in [1.82, 2.24) is 5.32 Å². The first kappa shape index (κ1) is 17.0. The number of nitrogens with zero attached hydrogens (tertiary/aromatic N) is 1. The number of hydrogen-bond donors (Lipinski definition) is 1. The van der Waals surface area contributed by atoms with Gasteiger partial charge in [-0.25, -0.2) is 0 Å². The summed E-state index contributed by atoms with van der Waals surface area (Å²) in [4.78, 5) is 26.0. The van der Waals surface area contributed by atoms with Gasteiger partial charge in [0, 0.05) is 12.5 Å². The monoisotopic (exact) mass is 338 g/mol. The summed E-state index contributed by atoms with van der Waals surface area (Å²) in [7, 11) is 0. The van der Waals surface area contributed by atoms with Crippen LogP contribution < -0.4 is 15.0 Å². The minimum absolute atomic E-state index is 0.00440. The van der Waals surface area contributed by atoms with Crippen molar-refractivity contribution in [3.63, 3.8) is 0 Å². The number of benzene rings is 2. The van der Waals surface area contributed by atoms with Crippen LogP contribution in [0.3, 0.4) is 0 Å². The minimum atomic E-state index is -0.205. The maximum atomic E-state index is 12.4. The summed E-state index contributed by atoms with van der Waals surface area (Å²) in [5, 5.41) is 2.96. The van der Waals surface area contributed by atoms with Gasteiger partial charge in [-0.3, -0.25) is 14.5 Å². The minimum Gasteiger partial charge on any atom is -0.482 e. The van der Waals surface area contributed by atoms with Crippen LogP contribution in [0.25, 0.3) is 0 Å². The fourth-order valence-electron chi connectivity index (χ4n) is 2.99. The Morgan fingerprint density at radius 3 is 2.64 bits per heavy atom. The number of nitrogens with one attached hydrogen (secondary N) is 1. The third-order valence-electron chi connectivity index (χ3n) is 4.42. The average molecular weight is 338 g/mol. The Morgan fingerprint density at radius 2 is 1.88 bits per heavy atom. The Kier molecular flexibility index (Phi) is 5.33. The van der Waals surface area contributed by atoms with Crippen LogP contribution in [0.15, 0.2) is 54.6 Å². The lowest BCUT2D eigenvalue weighted by Crippen LogP contribution is -2.45. The molecule has 1 aliphatic rings. The molecule has 0 saturated carbocycles. The van der Waals surface area contributed by atoms with Crippen LogP contribution in [0.1, 0.15) is 24.8 Å². The highest BCUT2D eigenvalue weighted by Gasteiger charge is 2.27. The van der Waals surface area contributed by atoms with Crippen molar-refractivity contribution in [2.45, 2.75) is 19.3 Å². The maximum absolute atomic E-state index is 12.4. The number of para-hydroxylation sites is 2. The van der Waals surface area contributed by atoms with Gasteiger partial charge in [0.15, 0.2) is 6.61 Å². The average Bonchev–Trinajstić information content (AvgIpc) is 2.65. The fourth-order valence-corrected chi connectivity index (χ4v) is 2.99. The quantitative estimate of drug-likeness (QED) is 0.881. The first-order valence-electron chi connectivity index (χ1n) is 8.53. The molecule has 0 unspecified atom stereocenters.